The second-order valence-corrected chi connectivity index (χ2v) is 5.21. The molecule has 0 radical (unpaired) electrons. The van der Waals surface area contributed by atoms with Gasteiger partial charge in [-0.05, 0) is 44.2 Å². The topological polar surface area (TPSA) is 56.8 Å². The second-order valence-electron chi connectivity index (χ2n) is 5.21. The first-order chi connectivity index (χ1) is 11.0. The van der Waals surface area contributed by atoms with Gasteiger partial charge in [0.25, 0.3) is 5.91 Å². The Labute approximate surface area is 136 Å². The van der Waals surface area contributed by atoms with Gasteiger partial charge < -0.3 is 19.5 Å². The summed E-state index contributed by atoms with van der Waals surface area (Å²) >= 11 is 0. The first-order valence-electron chi connectivity index (χ1n) is 7.33. The molecule has 1 amide bonds. The van der Waals surface area contributed by atoms with E-state index in [9.17, 15) is 4.79 Å². The molecule has 0 aliphatic rings. The number of nitrogens with one attached hydrogen (secondary N) is 1. The molecule has 0 saturated carbocycles. The highest BCUT2D eigenvalue weighted by atomic mass is 16.5. The third-order valence-corrected chi connectivity index (χ3v) is 3.12. The molecule has 0 aromatic heterocycles. The zero-order valence-corrected chi connectivity index (χ0v) is 13.8. The highest BCUT2D eigenvalue weighted by Gasteiger charge is 2.12. The third-order valence-electron chi connectivity index (χ3n) is 3.12. The van der Waals surface area contributed by atoms with Gasteiger partial charge in [-0.15, -0.1) is 0 Å². The van der Waals surface area contributed by atoms with Gasteiger partial charge in [-0.1, -0.05) is 6.07 Å². The largest absolute Gasteiger partial charge is 0.497 e. The zero-order chi connectivity index (χ0) is 16.8. The molecule has 2 aromatic carbocycles. The minimum atomic E-state index is -0.234. The molecule has 2 aromatic rings. The van der Waals surface area contributed by atoms with Crippen molar-refractivity contribution in [2.45, 2.75) is 20.0 Å². The normalized spacial score (nSPS) is 10.3. The fourth-order valence-electron chi connectivity index (χ4n) is 2.08. The average molecular weight is 315 g/mol. The molecule has 0 atom stereocenters. The van der Waals surface area contributed by atoms with Crippen molar-refractivity contribution in [2.75, 3.05) is 19.5 Å². The van der Waals surface area contributed by atoms with E-state index in [0.717, 1.165) is 0 Å². The lowest BCUT2D eigenvalue weighted by molar-refractivity contribution is 0.102. The number of carbonyl (C=O) groups excluding carboxylic acids is 1. The Morgan fingerprint density at radius 1 is 1.00 bits per heavy atom. The number of methoxy groups -OCH3 is 2. The molecular weight excluding hydrogens is 294 g/mol. The van der Waals surface area contributed by atoms with Crippen molar-refractivity contribution in [3.05, 3.63) is 48.0 Å². The van der Waals surface area contributed by atoms with Crippen LogP contribution in [0.25, 0.3) is 0 Å². The van der Waals surface area contributed by atoms with Crippen molar-refractivity contribution in [2.24, 2.45) is 0 Å². The van der Waals surface area contributed by atoms with E-state index in [1.165, 1.54) is 0 Å². The minimum Gasteiger partial charge on any atom is -0.497 e. The molecule has 122 valence electrons. The summed E-state index contributed by atoms with van der Waals surface area (Å²) in [5.41, 5.74) is 1.09. The van der Waals surface area contributed by atoms with Gasteiger partial charge in [-0.3, -0.25) is 4.79 Å². The Balaban J connectivity index is 2.19. The van der Waals surface area contributed by atoms with Crippen LogP contribution in [-0.4, -0.2) is 26.2 Å². The summed E-state index contributed by atoms with van der Waals surface area (Å²) in [5, 5.41) is 2.83. The van der Waals surface area contributed by atoms with E-state index in [4.69, 9.17) is 14.2 Å². The number of ether oxygens (including phenoxy) is 3. The van der Waals surface area contributed by atoms with E-state index in [1.807, 2.05) is 19.9 Å². The molecule has 0 heterocycles. The van der Waals surface area contributed by atoms with E-state index < -0.39 is 0 Å². The molecule has 0 saturated heterocycles. The van der Waals surface area contributed by atoms with Gasteiger partial charge in [0.15, 0.2) is 0 Å². The molecule has 5 nitrogen and oxygen atoms in total. The Bertz CT molecular complexity index is 682. The molecule has 5 heteroatoms. The maximum absolute atomic E-state index is 12.4. The first-order valence-corrected chi connectivity index (χ1v) is 7.33. The monoisotopic (exact) mass is 315 g/mol. The molecule has 0 aliphatic carbocycles. The smallest absolute Gasteiger partial charge is 0.255 e. The summed E-state index contributed by atoms with van der Waals surface area (Å²) in [4.78, 5) is 12.4. The molecular formula is C18H21NO4. The van der Waals surface area contributed by atoms with Crippen LogP contribution in [0.2, 0.25) is 0 Å². The second kappa shape index (κ2) is 7.54. The fraction of sp³-hybridized carbons (Fsp3) is 0.278. The SMILES string of the molecule is COc1ccc(NC(=O)c2cccc(OC(C)C)c2)c(OC)c1. The van der Waals surface area contributed by atoms with Gasteiger partial charge in [-0.25, -0.2) is 0 Å². The van der Waals surface area contributed by atoms with Crippen LogP contribution in [-0.2, 0) is 0 Å². The van der Waals surface area contributed by atoms with Crippen LogP contribution in [0, 0.1) is 0 Å². The van der Waals surface area contributed by atoms with Crippen molar-refractivity contribution in [3.63, 3.8) is 0 Å². The molecule has 2 rings (SSSR count). The van der Waals surface area contributed by atoms with E-state index in [1.54, 1.807) is 50.6 Å². The fourth-order valence-corrected chi connectivity index (χ4v) is 2.08. The summed E-state index contributed by atoms with van der Waals surface area (Å²) in [5.74, 6) is 1.62. The average Bonchev–Trinajstić information content (AvgIpc) is 2.54. The molecule has 0 bridgehead atoms. The standard InChI is InChI=1S/C18H21NO4/c1-12(2)23-15-7-5-6-13(10-15)18(20)19-16-9-8-14(21-3)11-17(16)22-4/h5-12H,1-4H3,(H,19,20). The van der Waals surface area contributed by atoms with Crippen LogP contribution < -0.4 is 19.5 Å². The molecule has 0 spiro atoms. The highest BCUT2D eigenvalue weighted by Crippen LogP contribution is 2.29. The molecule has 0 fully saturated rings. The predicted octanol–water partition coefficient (Wildman–Crippen LogP) is 3.74. The number of rotatable bonds is 6. The molecule has 0 aliphatic heterocycles. The van der Waals surface area contributed by atoms with Gasteiger partial charge in [-0.2, -0.15) is 0 Å². The summed E-state index contributed by atoms with van der Waals surface area (Å²) < 4.78 is 16.0. The predicted molar refractivity (Wildman–Crippen MR) is 89.7 cm³/mol. The van der Waals surface area contributed by atoms with Crippen LogP contribution in [0.5, 0.6) is 17.2 Å². The Morgan fingerprint density at radius 3 is 2.43 bits per heavy atom. The quantitative estimate of drug-likeness (QED) is 0.882. The molecule has 23 heavy (non-hydrogen) atoms. The van der Waals surface area contributed by atoms with E-state index in [-0.39, 0.29) is 12.0 Å². The summed E-state index contributed by atoms with van der Waals surface area (Å²) in [6, 6.07) is 12.3. The lowest BCUT2D eigenvalue weighted by Crippen LogP contribution is -2.13. The molecule has 1 N–H and O–H groups in total. The van der Waals surface area contributed by atoms with Crippen LogP contribution in [0.3, 0.4) is 0 Å². The first kappa shape index (κ1) is 16.7. The number of amides is 1. The third kappa shape index (κ3) is 4.39. The number of benzene rings is 2. The van der Waals surface area contributed by atoms with Crippen LogP contribution in [0.1, 0.15) is 24.2 Å². The Morgan fingerprint density at radius 2 is 1.78 bits per heavy atom. The molecule has 0 unspecified atom stereocenters. The summed E-state index contributed by atoms with van der Waals surface area (Å²) in [6.45, 7) is 3.88. The van der Waals surface area contributed by atoms with Crippen molar-refractivity contribution < 1.29 is 19.0 Å². The number of hydrogen-bond donors (Lipinski definition) is 1. The number of hydrogen-bond acceptors (Lipinski definition) is 4. The van der Waals surface area contributed by atoms with E-state index in [0.29, 0.717) is 28.5 Å². The van der Waals surface area contributed by atoms with Crippen LogP contribution in [0.15, 0.2) is 42.5 Å². The number of carbonyl (C=O) groups is 1. The van der Waals surface area contributed by atoms with Gasteiger partial charge in [0, 0.05) is 11.6 Å². The van der Waals surface area contributed by atoms with Crippen molar-refractivity contribution >= 4 is 11.6 Å². The summed E-state index contributed by atoms with van der Waals surface area (Å²) in [7, 11) is 3.12. The van der Waals surface area contributed by atoms with Crippen LogP contribution >= 0.6 is 0 Å². The Kier molecular flexibility index (Phi) is 5.46. The Hall–Kier alpha value is -2.69. The van der Waals surface area contributed by atoms with Gasteiger partial charge >= 0.3 is 0 Å². The zero-order valence-electron chi connectivity index (χ0n) is 13.8. The summed E-state index contributed by atoms with van der Waals surface area (Å²) in [6.07, 6.45) is 0.0509. The van der Waals surface area contributed by atoms with E-state index >= 15 is 0 Å². The van der Waals surface area contributed by atoms with Crippen LogP contribution in [0.4, 0.5) is 5.69 Å². The lowest BCUT2D eigenvalue weighted by atomic mass is 10.2. The highest BCUT2D eigenvalue weighted by molar-refractivity contribution is 6.05. The van der Waals surface area contributed by atoms with Crippen molar-refractivity contribution in [3.8, 4) is 17.2 Å². The minimum absolute atomic E-state index is 0.0509. The maximum atomic E-state index is 12.4. The lowest BCUT2D eigenvalue weighted by Gasteiger charge is -2.13. The van der Waals surface area contributed by atoms with E-state index in [2.05, 4.69) is 5.32 Å². The maximum Gasteiger partial charge on any atom is 0.255 e. The van der Waals surface area contributed by atoms with Crippen molar-refractivity contribution in [1.82, 2.24) is 0 Å². The van der Waals surface area contributed by atoms with Gasteiger partial charge in [0.2, 0.25) is 0 Å². The van der Waals surface area contributed by atoms with Crippen molar-refractivity contribution in [1.29, 1.82) is 0 Å². The van der Waals surface area contributed by atoms with Gasteiger partial charge in [0.1, 0.15) is 17.2 Å². The van der Waals surface area contributed by atoms with Gasteiger partial charge in [0.05, 0.1) is 26.0 Å². The number of anilines is 1.